The Balaban J connectivity index is 1.10. The fourth-order valence-electron chi connectivity index (χ4n) is 6.32. The number of hydrogen-bond acceptors (Lipinski definition) is 7. The van der Waals surface area contributed by atoms with Crippen LogP contribution in [0, 0.1) is 11.7 Å². The number of sulfonamides is 1. The Kier molecular flexibility index (Phi) is 8.75. The molecule has 1 amide bonds. The quantitative estimate of drug-likeness (QED) is 0.209. The fraction of sp³-hybridized carbons (Fsp3) is 0.484. The number of carbonyl (C=O) groups is 1. The summed E-state index contributed by atoms with van der Waals surface area (Å²) in [5, 5.41) is 5.34. The van der Waals surface area contributed by atoms with Gasteiger partial charge < -0.3 is 14.2 Å². The number of anilines is 1. The molecule has 8 nitrogen and oxygen atoms in total. The van der Waals surface area contributed by atoms with Crippen molar-refractivity contribution in [3.05, 3.63) is 69.1 Å². The van der Waals surface area contributed by atoms with Crippen molar-refractivity contribution in [3.63, 3.8) is 0 Å². The van der Waals surface area contributed by atoms with E-state index < -0.39 is 21.7 Å². The second-order valence-corrected chi connectivity index (χ2v) is 14.4. The van der Waals surface area contributed by atoms with Crippen LogP contribution in [0.25, 0.3) is 11.3 Å². The Hall–Kier alpha value is -2.66. The van der Waals surface area contributed by atoms with Crippen LogP contribution >= 0.6 is 23.2 Å². The smallest absolute Gasteiger partial charge is 0.264 e. The molecule has 12 heteroatoms. The van der Waals surface area contributed by atoms with Gasteiger partial charge in [-0.15, -0.1) is 0 Å². The van der Waals surface area contributed by atoms with Crippen molar-refractivity contribution in [1.82, 2.24) is 9.88 Å². The Morgan fingerprint density at radius 3 is 2.58 bits per heavy atom. The highest BCUT2D eigenvalue weighted by Crippen LogP contribution is 2.47. The number of benzene rings is 2. The third-order valence-corrected chi connectivity index (χ3v) is 10.6. The van der Waals surface area contributed by atoms with E-state index in [1.165, 1.54) is 6.07 Å². The third kappa shape index (κ3) is 6.43. The Labute approximate surface area is 260 Å². The molecule has 2 saturated carbocycles. The Morgan fingerprint density at radius 2 is 1.93 bits per heavy atom. The highest BCUT2D eigenvalue weighted by atomic mass is 35.5. The molecule has 3 fully saturated rings. The van der Waals surface area contributed by atoms with Crippen molar-refractivity contribution in [2.24, 2.45) is 5.92 Å². The number of nitrogens with zero attached hydrogens (tertiary/aromatic N) is 2. The van der Waals surface area contributed by atoms with Gasteiger partial charge in [-0.25, -0.2) is 17.5 Å². The molecule has 0 spiro atoms. The molecule has 6 rings (SSSR count). The lowest BCUT2D eigenvalue weighted by Crippen LogP contribution is -2.39. The van der Waals surface area contributed by atoms with Crippen molar-refractivity contribution in [3.8, 4) is 11.3 Å². The van der Waals surface area contributed by atoms with E-state index in [-0.39, 0.29) is 29.4 Å². The first-order valence-corrected chi connectivity index (χ1v) is 17.2. The number of nitrogens with one attached hydrogen (secondary N) is 1. The Morgan fingerprint density at radius 1 is 1.16 bits per heavy atom. The van der Waals surface area contributed by atoms with E-state index in [1.807, 2.05) is 11.8 Å². The van der Waals surface area contributed by atoms with Crippen molar-refractivity contribution < 1.29 is 26.9 Å². The number of piperidine rings is 1. The van der Waals surface area contributed by atoms with Crippen LogP contribution in [0.3, 0.4) is 0 Å². The summed E-state index contributed by atoms with van der Waals surface area (Å²) in [6.07, 6.45) is 5.76. The van der Waals surface area contributed by atoms with E-state index in [2.05, 4.69) is 9.88 Å². The summed E-state index contributed by atoms with van der Waals surface area (Å²) in [5.74, 6) is -0.156. The van der Waals surface area contributed by atoms with E-state index >= 15 is 4.39 Å². The number of ether oxygens (including phenoxy) is 1. The van der Waals surface area contributed by atoms with E-state index in [0.29, 0.717) is 52.5 Å². The van der Waals surface area contributed by atoms with E-state index in [1.54, 1.807) is 24.3 Å². The highest BCUT2D eigenvalue weighted by Gasteiger charge is 2.46. The van der Waals surface area contributed by atoms with Gasteiger partial charge in [0, 0.05) is 41.1 Å². The number of hydrogen-bond donors (Lipinski definition) is 1. The molecule has 2 aliphatic carbocycles. The molecule has 2 aromatic carbocycles. The van der Waals surface area contributed by atoms with Crippen LogP contribution in [0.1, 0.15) is 79.5 Å². The van der Waals surface area contributed by atoms with Gasteiger partial charge in [-0.05, 0) is 62.4 Å². The van der Waals surface area contributed by atoms with Gasteiger partial charge in [-0.3, -0.25) is 4.79 Å². The molecular formula is C31H34Cl2FN3O5S. The van der Waals surface area contributed by atoms with Crippen molar-refractivity contribution in [2.75, 3.05) is 17.2 Å². The first kappa shape index (κ1) is 30.4. The lowest BCUT2D eigenvalue weighted by Gasteiger charge is -2.33. The predicted molar refractivity (Wildman–Crippen MR) is 164 cm³/mol. The number of carbonyl (C=O) groups excluding carboxylic acids is 1. The maximum atomic E-state index is 15.3. The standard InChI is InChI=1S/C31H34Cl2FN3O5S/c1-2-3-4-12-43(39,40)36-31(38)19-10-11-26(25(34)14-19)37-16-20-13-21(37)15-27(20)41-17-22-29(35-42-30(22)18-8-9-18)28-23(32)6-5-7-24(28)33/h5-7,10-11,14,18,20-21,27H,2-4,8-9,12-13,15-17H2,1H3,(H,36,38)/t20-,21-,27+/m0/s1. The lowest BCUT2D eigenvalue weighted by molar-refractivity contribution is 0.0122. The first-order valence-electron chi connectivity index (χ1n) is 14.8. The number of amides is 1. The molecule has 230 valence electrons. The maximum absolute atomic E-state index is 15.3. The molecule has 1 saturated heterocycles. The van der Waals surface area contributed by atoms with Gasteiger partial charge in [0.25, 0.3) is 5.91 Å². The number of unbranched alkanes of at least 4 members (excludes halogenated alkanes) is 2. The molecule has 43 heavy (non-hydrogen) atoms. The number of fused-ring (bicyclic) bond motifs is 2. The summed E-state index contributed by atoms with van der Waals surface area (Å²) < 4.78 is 54.0. The van der Waals surface area contributed by atoms with Crippen molar-refractivity contribution in [1.29, 1.82) is 0 Å². The van der Waals surface area contributed by atoms with Crippen LogP contribution in [0.5, 0.6) is 0 Å². The third-order valence-electron chi connectivity index (χ3n) is 8.67. The lowest BCUT2D eigenvalue weighted by atomic mass is 10.0. The fourth-order valence-corrected chi connectivity index (χ4v) is 7.98. The van der Waals surface area contributed by atoms with Crippen molar-refractivity contribution in [2.45, 2.75) is 76.5 Å². The zero-order valence-electron chi connectivity index (χ0n) is 23.8. The van der Waals surface area contributed by atoms with Crippen LogP contribution in [0.15, 0.2) is 40.9 Å². The minimum Gasteiger partial charge on any atom is -0.373 e. The monoisotopic (exact) mass is 649 g/mol. The topological polar surface area (TPSA) is 102 Å². The van der Waals surface area contributed by atoms with Gasteiger partial charge in [0.2, 0.25) is 10.0 Å². The molecule has 3 atom stereocenters. The van der Waals surface area contributed by atoms with Gasteiger partial charge in [-0.1, -0.05) is 54.2 Å². The molecular weight excluding hydrogens is 616 g/mol. The Bertz CT molecular complexity index is 1610. The molecule has 3 aromatic rings. The summed E-state index contributed by atoms with van der Waals surface area (Å²) in [4.78, 5) is 14.5. The van der Waals surface area contributed by atoms with Crippen LogP contribution < -0.4 is 9.62 Å². The van der Waals surface area contributed by atoms with Crippen LogP contribution in [-0.2, 0) is 21.4 Å². The van der Waals surface area contributed by atoms with Crippen LogP contribution in [0.4, 0.5) is 10.1 Å². The first-order chi connectivity index (χ1) is 20.6. The average Bonchev–Trinajstić information content (AvgIpc) is 3.41. The number of halogens is 3. The van der Waals surface area contributed by atoms with E-state index in [0.717, 1.165) is 55.9 Å². The highest BCUT2D eigenvalue weighted by molar-refractivity contribution is 7.90. The maximum Gasteiger partial charge on any atom is 0.264 e. The summed E-state index contributed by atoms with van der Waals surface area (Å²) in [5.41, 5.74) is 2.51. The molecule has 1 aromatic heterocycles. The zero-order valence-corrected chi connectivity index (χ0v) is 26.2. The van der Waals surface area contributed by atoms with Crippen molar-refractivity contribution >= 4 is 44.8 Å². The van der Waals surface area contributed by atoms with Crippen LogP contribution in [-0.4, -0.2) is 43.9 Å². The minimum absolute atomic E-state index is 0.0104. The molecule has 2 bridgehead atoms. The average molecular weight is 651 g/mol. The summed E-state index contributed by atoms with van der Waals surface area (Å²) in [6, 6.07) is 9.57. The van der Waals surface area contributed by atoms with Gasteiger partial charge in [-0.2, -0.15) is 0 Å². The summed E-state index contributed by atoms with van der Waals surface area (Å²) >= 11 is 13.0. The normalized spacial score (nSPS) is 21.5. The van der Waals surface area contributed by atoms with E-state index in [9.17, 15) is 13.2 Å². The van der Waals surface area contributed by atoms with Crippen LogP contribution in [0.2, 0.25) is 10.0 Å². The van der Waals surface area contributed by atoms with Gasteiger partial charge in [0.15, 0.2) is 0 Å². The summed E-state index contributed by atoms with van der Waals surface area (Å²) in [7, 11) is -3.77. The van der Waals surface area contributed by atoms with E-state index in [4.69, 9.17) is 32.5 Å². The number of rotatable bonds is 12. The SMILES string of the molecule is CCCCCS(=O)(=O)NC(=O)c1ccc(N2C[C@@H]3C[C@H]2C[C@H]3OCc2c(-c3c(Cl)cccc3Cl)noc2C2CC2)c(F)c1. The van der Waals surface area contributed by atoms with Gasteiger partial charge in [0.1, 0.15) is 17.3 Å². The number of aromatic nitrogens is 1. The molecule has 3 aliphatic rings. The molecule has 0 radical (unpaired) electrons. The largest absolute Gasteiger partial charge is 0.373 e. The molecule has 2 heterocycles. The summed E-state index contributed by atoms with van der Waals surface area (Å²) in [6.45, 7) is 2.90. The second-order valence-electron chi connectivity index (χ2n) is 11.8. The zero-order chi connectivity index (χ0) is 30.3. The molecule has 1 aliphatic heterocycles. The van der Waals surface area contributed by atoms with Gasteiger partial charge in [0.05, 0.1) is 34.2 Å². The molecule has 1 N–H and O–H groups in total. The minimum atomic E-state index is -3.77. The predicted octanol–water partition coefficient (Wildman–Crippen LogP) is 7.10. The second kappa shape index (κ2) is 12.4. The van der Waals surface area contributed by atoms with Gasteiger partial charge >= 0.3 is 0 Å². The molecule has 0 unspecified atom stereocenters.